The van der Waals surface area contributed by atoms with Gasteiger partial charge in [0.15, 0.2) is 5.82 Å². The van der Waals surface area contributed by atoms with Crippen LogP contribution in [0.3, 0.4) is 0 Å². The van der Waals surface area contributed by atoms with E-state index in [1.54, 1.807) is 35.3 Å². The number of alkyl halides is 2. The van der Waals surface area contributed by atoms with E-state index >= 15 is 0 Å². The Morgan fingerprint density at radius 2 is 2.19 bits per heavy atom. The van der Waals surface area contributed by atoms with Crippen molar-refractivity contribution in [1.82, 2.24) is 25.0 Å². The first-order valence-electron chi connectivity index (χ1n) is 8.33. The predicted molar refractivity (Wildman–Crippen MR) is 89.0 cm³/mol. The van der Waals surface area contributed by atoms with Gasteiger partial charge < -0.3 is 10.2 Å². The first-order chi connectivity index (χ1) is 12.5. The molecular weight excluding hydrogens is 344 g/mol. The molecule has 0 bridgehead atoms. The number of aromatic nitrogens is 3. The van der Waals surface area contributed by atoms with Crippen molar-refractivity contribution in [3.63, 3.8) is 0 Å². The fourth-order valence-electron chi connectivity index (χ4n) is 2.93. The molecular formula is C17H19F2N5O2. The molecule has 0 saturated carbocycles. The quantitative estimate of drug-likeness (QED) is 0.844. The summed E-state index contributed by atoms with van der Waals surface area (Å²) in [6.45, 7) is 0.604. The summed E-state index contributed by atoms with van der Waals surface area (Å²) in [6, 6.07) is 5.01. The average molecular weight is 363 g/mol. The fraction of sp³-hybridized carbons (Fsp3) is 0.412. The van der Waals surface area contributed by atoms with Crippen LogP contribution in [-0.4, -0.2) is 57.5 Å². The molecule has 3 rings (SSSR count). The molecule has 138 valence electrons. The zero-order valence-corrected chi connectivity index (χ0v) is 14.0. The van der Waals surface area contributed by atoms with Crippen LogP contribution in [0.25, 0.3) is 5.82 Å². The van der Waals surface area contributed by atoms with Crippen LogP contribution in [0.15, 0.2) is 36.8 Å². The van der Waals surface area contributed by atoms with Crippen molar-refractivity contribution in [2.45, 2.75) is 19.3 Å². The van der Waals surface area contributed by atoms with E-state index in [9.17, 15) is 18.4 Å². The van der Waals surface area contributed by atoms with Gasteiger partial charge in [0.05, 0.1) is 12.1 Å². The number of carbonyl (C=O) groups excluding carboxylic acids is 2. The largest absolute Gasteiger partial charge is 0.343 e. The molecule has 0 spiro atoms. The van der Waals surface area contributed by atoms with Crippen LogP contribution < -0.4 is 5.32 Å². The van der Waals surface area contributed by atoms with Crippen molar-refractivity contribution in [3.05, 3.63) is 42.4 Å². The minimum atomic E-state index is -2.35. The molecule has 0 aliphatic carbocycles. The van der Waals surface area contributed by atoms with Crippen LogP contribution in [0.2, 0.25) is 0 Å². The van der Waals surface area contributed by atoms with Crippen molar-refractivity contribution >= 4 is 11.8 Å². The molecule has 1 atom stereocenters. The first kappa shape index (κ1) is 18.0. The third kappa shape index (κ3) is 4.41. The fourth-order valence-corrected chi connectivity index (χ4v) is 2.93. The van der Waals surface area contributed by atoms with Gasteiger partial charge in [-0.3, -0.25) is 9.59 Å². The molecule has 2 amide bonds. The van der Waals surface area contributed by atoms with Crippen LogP contribution in [0, 0.1) is 5.92 Å². The van der Waals surface area contributed by atoms with E-state index in [1.807, 2.05) is 0 Å². The SMILES string of the molecule is O=C(NCC(=O)N1CCC(CC(F)F)C1)c1ccc(-n2cccn2)nc1. The molecule has 9 heteroatoms. The number of nitrogens with zero attached hydrogens (tertiary/aromatic N) is 4. The molecule has 3 heterocycles. The molecule has 1 aliphatic heterocycles. The summed E-state index contributed by atoms with van der Waals surface area (Å²) in [5.74, 6) is -0.282. The standard InChI is InChI=1S/C17H19F2N5O2/c18-14(19)8-12-4-7-23(11-12)16(25)10-21-17(26)13-2-3-15(20-9-13)24-6-1-5-22-24/h1-3,5-6,9,12,14H,4,7-8,10-11H2,(H,21,26). The molecule has 1 saturated heterocycles. The third-order valence-electron chi connectivity index (χ3n) is 4.30. The van der Waals surface area contributed by atoms with Crippen LogP contribution in [0.5, 0.6) is 0 Å². The summed E-state index contributed by atoms with van der Waals surface area (Å²) in [5.41, 5.74) is 0.325. The first-order valence-corrected chi connectivity index (χ1v) is 8.33. The van der Waals surface area contributed by atoms with E-state index in [-0.39, 0.29) is 24.8 Å². The number of nitrogens with one attached hydrogen (secondary N) is 1. The lowest BCUT2D eigenvalue weighted by atomic mass is 10.1. The van der Waals surface area contributed by atoms with Crippen molar-refractivity contribution < 1.29 is 18.4 Å². The maximum atomic E-state index is 12.4. The second-order valence-corrected chi connectivity index (χ2v) is 6.16. The summed E-state index contributed by atoms with van der Waals surface area (Å²) in [5, 5.41) is 6.59. The maximum Gasteiger partial charge on any atom is 0.253 e. The molecule has 2 aromatic rings. The van der Waals surface area contributed by atoms with E-state index in [4.69, 9.17) is 0 Å². The minimum Gasteiger partial charge on any atom is -0.343 e. The molecule has 0 radical (unpaired) electrons. The Labute approximate surface area is 149 Å². The highest BCUT2D eigenvalue weighted by Gasteiger charge is 2.28. The molecule has 2 aromatic heterocycles. The summed E-state index contributed by atoms with van der Waals surface area (Å²) in [7, 11) is 0. The predicted octanol–water partition coefficient (Wildman–Crippen LogP) is 1.50. The van der Waals surface area contributed by atoms with Gasteiger partial charge in [0.25, 0.3) is 5.91 Å². The van der Waals surface area contributed by atoms with Crippen molar-refractivity contribution in [2.24, 2.45) is 5.92 Å². The monoisotopic (exact) mass is 363 g/mol. The smallest absolute Gasteiger partial charge is 0.253 e. The van der Waals surface area contributed by atoms with Gasteiger partial charge in [0.2, 0.25) is 12.3 Å². The third-order valence-corrected chi connectivity index (χ3v) is 4.30. The number of pyridine rings is 1. The van der Waals surface area contributed by atoms with Gasteiger partial charge in [-0.15, -0.1) is 0 Å². The Morgan fingerprint density at radius 3 is 2.85 bits per heavy atom. The summed E-state index contributed by atoms with van der Waals surface area (Å²) < 4.78 is 26.4. The van der Waals surface area contributed by atoms with E-state index in [0.717, 1.165) is 0 Å². The number of likely N-dealkylation sites (tertiary alicyclic amines) is 1. The lowest BCUT2D eigenvalue weighted by Gasteiger charge is -2.17. The van der Waals surface area contributed by atoms with Gasteiger partial charge in [0.1, 0.15) is 0 Å². The van der Waals surface area contributed by atoms with Crippen LogP contribution in [0.4, 0.5) is 8.78 Å². The number of amides is 2. The lowest BCUT2D eigenvalue weighted by Crippen LogP contribution is -2.39. The minimum absolute atomic E-state index is 0.166. The highest BCUT2D eigenvalue weighted by atomic mass is 19.3. The maximum absolute atomic E-state index is 12.4. The van der Waals surface area contributed by atoms with Gasteiger partial charge in [0, 0.05) is 38.1 Å². The van der Waals surface area contributed by atoms with Crippen molar-refractivity contribution in [2.75, 3.05) is 19.6 Å². The molecule has 1 fully saturated rings. The molecule has 0 aromatic carbocycles. The highest BCUT2D eigenvalue weighted by Crippen LogP contribution is 2.22. The van der Waals surface area contributed by atoms with Gasteiger partial charge in [-0.2, -0.15) is 5.10 Å². The lowest BCUT2D eigenvalue weighted by molar-refractivity contribution is -0.129. The van der Waals surface area contributed by atoms with Crippen molar-refractivity contribution in [3.8, 4) is 5.82 Å². The number of halogens is 2. The zero-order valence-electron chi connectivity index (χ0n) is 14.0. The second-order valence-electron chi connectivity index (χ2n) is 6.16. The van der Waals surface area contributed by atoms with Crippen molar-refractivity contribution in [1.29, 1.82) is 0 Å². The van der Waals surface area contributed by atoms with E-state index in [1.165, 1.54) is 11.1 Å². The Bertz CT molecular complexity index is 749. The zero-order chi connectivity index (χ0) is 18.5. The topological polar surface area (TPSA) is 80.1 Å². The number of hydrogen-bond acceptors (Lipinski definition) is 4. The summed E-state index contributed by atoms with van der Waals surface area (Å²) in [4.78, 5) is 29.9. The molecule has 1 unspecified atom stereocenters. The van der Waals surface area contributed by atoms with E-state index in [2.05, 4.69) is 15.4 Å². The summed E-state index contributed by atoms with van der Waals surface area (Å²) in [6.07, 6.45) is 2.79. The Hall–Kier alpha value is -2.84. The molecule has 26 heavy (non-hydrogen) atoms. The van der Waals surface area contributed by atoms with E-state index in [0.29, 0.717) is 30.9 Å². The molecule has 1 N–H and O–H groups in total. The van der Waals surface area contributed by atoms with Gasteiger partial charge >= 0.3 is 0 Å². The van der Waals surface area contributed by atoms with Gasteiger partial charge in [-0.1, -0.05) is 0 Å². The Balaban J connectivity index is 1.48. The second kappa shape index (κ2) is 8.03. The Kier molecular flexibility index (Phi) is 5.55. The number of hydrogen-bond donors (Lipinski definition) is 1. The normalized spacial score (nSPS) is 16.9. The molecule has 1 aliphatic rings. The van der Waals surface area contributed by atoms with Crippen LogP contribution in [0.1, 0.15) is 23.2 Å². The van der Waals surface area contributed by atoms with Crippen LogP contribution in [-0.2, 0) is 4.79 Å². The number of carbonyl (C=O) groups is 2. The Morgan fingerprint density at radius 1 is 1.35 bits per heavy atom. The highest BCUT2D eigenvalue weighted by molar-refractivity contribution is 5.96. The summed E-state index contributed by atoms with van der Waals surface area (Å²) >= 11 is 0. The van der Waals surface area contributed by atoms with Gasteiger partial charge in [-0.05, 0) is 30.5 Å². The van der Waals surface area contributed by atoms with Gasteiger partial charge in [-0.25, -0.2) is 18.4 Å². The van der Waals surface area contributed by atoms with Crippen LogP contribution >= 0.6 is 0 Å². The average Bonchev–Trinajstić information content (AvgIpc) is 3.31. The number of rotatable bonds is 6. The molecule has 7 nitrogen and oxygen atoms in total. The van der Waals surface area contributed by atoms with E-state index < -0.39 is 12.3 Å².